The van der Waals surface area contributed by atoms with Gasteiger partial charge in [-0.25, -0.2) is 0 Å². The Labute approximate surface area is 137 Å². The van der Waals surface area contributed by atoms with E-state index in [1.54, 1.807) is 12.1 Å². The van der Waals surface area contributed by atoms with E-state index in [0.717, 1.165) is 18.7 Å². The molecule has 0 atom stereocenters. The Morgan fingerprint density at radius 3 is 2.25 bits per heavy atom. The summed E-state index contributed by atoms with van der Waals surface area (Å²) in [5.74, 6) is 1.04. The molecule has 112 valence electrons. The quantitative estimate of drug-likeness (QED) is 0.635. The molecule has 0 aromatic heterocycles. The van der Waals surface area contributed by atoms with Gasteiger partial charge in [0.25, 0.3) is 0 Å². The SMILES string of the molecule is CC(C)CNC/C(=C/c1c(Cl)ccc(Cl)c1Cl)C(C)C. The van der Waals surface area contributed by atoms with Crippen LogP contribution in [0.25, 0.3) is 6.08 Å². The fourth-order valence-corrected chi connectivity index (χ4v) is 2.43. The maximum absolute atomic E-state index is 6.25. The van der Waals surface area contributed by atoms with Crippen molar-refractivity contribution in [2.24, 2.45) is 11.8 Å². The van der Waals surface area contributed by atoms with Crippen LogP contribution in [0.1, 0.15) is 33.3 Å². The van der Waals surface area contributed by atoms with Gasteiger partial charge in [0.05, 0.1) is 10.0 Å². The first-order valence-electron chi connectivity index (χ1n) is 6.87. The molecule has 1 N–H and O–H groups in total. The summed E-state index contributed by atoms with van der Waals surface area (Å²) in [7, 11) is 0. The minimum absolute atomic E-state index is 0.417. The van der Waals surface area contributed by atoms with Gasteiger partial charge in [-0.3, -0.25) is 0 Å². The lowest BCUT2D eigenvalue weighted by Gasteiger charge is -2.15. The van der Waals surface area contributed by atoms with Gasteiger partial charge in [0, 0.05) is 17.1 Å². The van der Waals surface area contributed by atoms with Crippen molar-refractivity contribution in [3.05, 3.63) is 38.3 Å². The molecule has 0 spiro atoms. The average molecular weight is 335 g/mol. The van der Waals surface area contributed by atoms with Gasteiger partial charge in [0.2, 0.25) is 0 Å². The van der Waals surface area contributed by atoms with Crippen molar-refractivity contribution in [2.45, 2.75) is 27.7 Å². The maximum atomic E-state index is 6.25. The average Bonchev–Trinajstić information content (AvgIpc) is 2.36. The fraction of sp³-hybridized carbons (Fsp3) is 0.500. The Morgan fingerprint density at radius 1 is 1.10 bits per heavy atom. The zero-order valence-corrected chi connectivity index (χ0v) is 14.7. The Balaban J connectivity index is 3.00. The van der Waals surface area contributed by atoms with Crippen LogP contribution in [-0.2, 0) is 0 Å². The van der Waals surface area contributed by atoms with Crippen molar-refractivity contribution in [1.82, 2.24) is 5.32 Å². The lowest BCUT2D eigenvalue weighted by atomic mass is 10.00. The van der Waals surface area contributed by atoms with Crippen LogP contribution >= 0.6 is 34.8 Å². The molecule has 0 aliphatic rings. The standard InChI is InChI=1S/C16H22Cl3N/c1-10(2)8-20-9-12(11(3)4)7-13-14(17)5-6-15(18)16(13)19/h5-7,10-11,20H,8-9H2,1-4H3/b12-7-. The third-order valence-electron chi connectivity index (χ3n) is 3.03. The van der Waals surface area contributed by atoms with E-state index >= 15 is 0 Å². The van der Waals surface area contributed by atoms with Crippen molar-refractivity contribution in [3.8, 4) is 0 Å². The van der Waals surface area contributed by atoms with Crippen LogP contribution in [0, 0.1) is 11.8 Å². The Bertz CT molecular complexity index is 479. The molecule has 0 fully saturated rings. The van der Waals surface area contributed by atoms with Crippen molar-refractivity contribution in [2.75, 3.05) is 13.1 Å². The van der Waals surface area contributed by atoms with Crippen LogP contribution in [0.15, 0.2) is 17.7 Å². The topological polar surface area (TPSA) is 12.0 Å². The normalized spacial score (nSPS) is 12.6. The van der Waals surface area contributed by atoms with Gasteiger partial charge in [-0.15, -0.1) is 0 Å². The molecule has 1 rings (SSSR count). The molecule has 0 amide bonds. The molecule has 0 unspecified atom stereocenters. The Morgan fingerprint density at radius 2 is 1.70 bits per heavy atom. The van der Waals surface area contributed by atoms with Gasteiger partial charge in [-0.1, -0.05) is 74.1 Å². The van der Waals surface area contributed by atoms with Gasteiger partial charge in [0.1, 0.15) is 0 Å². The third kappa shape index (κ3) is 5.29. The molecular weight excluding hydrogens is 313 g/mol. The first-order valence-corrected chi connectivity index (χ1v) is 8.01. The summed E-state index contributed by atoms with van der Waals surface area (Å²) < 4.78 is 0. The van der Waals surface area contributed by atoms with E-state index in [2.05, 4.69) is 39.1 Å². The summed E-state index contributed by atoms with van der Waals surface area (Å²) in [6.07, 6.45) is 2.05. The Hall–Kier alpha value is -0.210. The van der Waals surface area contributed by atoms with Crippen molar-refractivity contribution < 1.29 is 0 Å². The van der Waals surface area contributed by atoms with Crippen LogP contribution in [0.3, 0.4) is 0 Å². The summed E-state index contributed by atoms with van der Waals surface area (Å²) >= 11 is 18.5. The van der Waals surface area contributed by atoms with Crippen LogP contribution in [0.4, 0.5) is 0 Å². The summed E-state index contributed by atoms with van der Waals surface area (Å²) in [4.78, 5) is 0. The summed E-state index contributed by atoms with van der Waals surface area (Å²) in [5, 5.41) is 5.12. The largest absolute Gasteiger partial charge is 0.313 e. The molecule has 1 nitrogen and oxygen atoms in total. The number of hydrogen-bond donors (Lipinski definition) is 1. The van der Waals surface area contributed by atoms with Gasteiger partial charge >= 0.3 is 0 Å². The minimum atomic E-state index is 0.417. The third-order valence-corrected chi connectivity index (χ3v) is 4.18. The van der Waals surface area contributed by atoms with Crippen LogP contribution in [0.5, 0.6) is 0 Å². The van der Waals surface area contributed by atoms with E-state index in [1.807, 2.05) is 0 Å². The summed E-state index contributed by atoms with van der Waals surface area (Å²) in [5.41, 5.74) is 2.06. The molecule has 0 aliphatic heterocycles. The van der Waals surface area contributed by atoms with Gasteiger partial charge in [-0.2, -0.15) is 0 Å². The number of nitrogens with one attached hydrogen (secondary N) is 1. The molecule has 1 aromatic rings. The second-order valence-electron chi connectivity index (χ2n) is 5.66. The lowest BCUT2D eigenvalue weighted by Crippen LogP contribution is -2.23. The van der Waals surface area contributed by atoms with Crippen molar-refractivity contribution in [1.29, 1.82) is 0 Å². The molecule has 0 saturated heterocycles. The summed E-state index contributed by atoms with van der Waals surface area (Å²) in [6, 6.07) is 3.50. The smallest absolute Gasteiger partial charge is 0.0679 e. The zero-order chi connectivity index (χ0) is 15.3. The molecule has 1 aromatic carbocycles. The molecule has 4 heteroatoms. The highest BCUT2D eigenvalue weighted by Crippen LogP contribution is 2.33. The van der Waals surface area contributed by atoms with E-state index in [0.29, 0.717) is 26.9 Å². The van der Waals surface area contributed by atoms with E-state index in [-0.39, 0.29) is 0 Å². The van der Waals surface area contributed by atoms with Gasteiger partial charge < -0.3 is 5.32 Å². The highest BCUT2D eigenvalue weighted by Gasteiger charge is 2.10. The second kappa shape index (κ2) is 8.29. The minimum Gasteiger partial charge on any atom is -0.313 e. The van der Waals surface area contributed by atoms with Crippen molar-refractivity contribution >= 4 is 40.9 Å². The van der Waals surface area contributed by atoms with Crippen LogP contribution < -0.4 is 5.32 Å². The lowest BCUT2D eigenvalue weighted by molar-refractivity contribution is 0.558. The molecule has 20 heavy (non-hydrogen) atoms. The van der Waals surface area contributed by atoms with Crippen molar-refractivity contribution in [3.63, 3.8) is 0 Å². The van der Waals surface area contributed by atoms with Gasteiger partial charge in [0.15, 0.2) is 0 Å². The highest BCUT2D eigenvalue weighted by atomic mass is 35.5. The molecular formula is C16H22Cl3N. The predicted octanol–water partition coefficient (Wildman–Crippen LogP) is 5.93. The predicted molar refractivity (Wildman–Crippen MR) is 92.0 cm³/mol. The zero-order valence-electron chi connectivity index (χ0n) is 12.4. The highest BCUT2D eigenvalue weighted by molar-refractivity contribution is 6.44. The molecule has 0 heterocycles. The van der Waals surface area contributed by atoms with Crippen LogP contribution in [-0.4, -0.2) is 13.1 Å². The fourth-order valence-electron chi connectivity index (χ4n) is 1.79. The monoisotopic (exact) mass is 333 g/mol. The van der Waals surface area contributed by atoms with E-state index in [1.165, 1.54) is 5.57 Å². The van der Waals surface area contributed by atoms with E-state index in [4.69, 9.17) is 34.8 Å². The Kier molecular flexibility index (Phi) is 7.39. The number of benzene rings is 1. The number of halogens is 3. The maximum Gasteiger partial charge on any atom is 0.0679 e. The van der Waals surface area contributed by atoms with E-state index in [9.17, 15) is 0 Å². The molecule has 0 aliphatic carbocycles. The van der Waals surface area contributed by atoms with Gasteiger partial charge in [-0.05, 0) is 30.5 Å². The van der Waals surface area contributed by atoms with E-state index < -0.39 is 0 Å². The second-order valence-corrected chi connectivity index (χ2v) is 6.85. The molecule has 0 radical (unpaired) electrons. The first kappa shape index (κ1) is 17.8. The van der Waals surface area contributed by atoms with Crippen LogP contribution in [0.2, 0.25) is 15.1 Å². The molecule has 0 bridgehead atoms. The number of hydrogen-bond acceptors (Lipinski definition) is 1. The molecule has 0 saturated carbocycles. The summed E-state index contributed by atoms with van der Waals surface area (Å²) in [6.45, 7) is 10.5. The first-order chi connectivity index (χ1) is 9.32. The number of rotatable bonds is 6.